The average Bonchev–Trinajstić information content (AvgIpc) is 2.93. The molecule has 0 bridgehead atoms. The molecular formula is C16H25N5. The fourth-order valence-corrected chi connectivity index (χ4v) is 3.17. The molecule has 1 N–H and O–H groups in total. The van der Waals surface area contributed by atoms with Crippen molar-refractivity contribution in [3.63, 3.8) is 0 Å². The van der Waals surface area contributed by atoms with Crippen molar-refractivity contribution in [2.75, 3.05) is 25.0 Å². The molecule has 1 aliphatic rings. The van der Waals surface area contributed by atoms with Crippen molar-refractivity contribution in [1.82, 2.24) is 19.5 Å². The normalized spacial score (nSPS) is 20.0. The third kappa shape index (κ3) is 3.35. The second-order valence-corrected chi connectivity index (χ2v) is 6.11. The summed E-state index contributed by atoms with van der Waals surface area (Å²) in [5, 5.41) is 7.78. The fourth-order valence-electron chi connectivity index (χ4n) is 3.17. The van der Waals surface area contributed by atoms with Gasteiger partial charge in [0.1, 0.15) is 12.1 Å². The molecule has 2 aromatic heterocycles. The number of likely N-dealkylation sites (tertiary alicyclic amines) is 1. The number of nitrogens with zero attached hydrogens (tertiary/aromatic N) is 4. The summed E-state index contributed by atoms with van der Waals surface area (Å²) in [7, 11) is 0. The van der Waals surface area contributed by atoms with Crippen LogP contribution in [0.4, 0.5) is 5.82 Å². The Hall–Kier alpha value is -1.62. The van der Waals surface area contributed by atoms with Crippen LogP contribution in [0.5, 0.6) is 0 Å². The molecular weight excluding hydrogens is 262 g/mol. The van der Waals surface area contributed by atoms with Crippen LogP contribution in [0, 0.1) is 6.92 Å². The molecule has 3 rings (SSSR count). The van der Waals surface area contributed by atoms with Crippen LogP contribution in [0.25, 0.3) is 5.65 Å². The Bertz CT molecular complexity index is 591. The summed E-state index contributed by atoms with van der Waals surface area (Å²) in [6.45, 7) is 7.86. The van der Waals surface area contributed by atoms with Gasteiger partial charge in [-0.15, -0.1) is 0 Å². The van der Waals surface area contributed by atoms with Gasteiger partial charge in [-0.2, -0.15) is 9.61 Å². The summed E-state index contributed by atoms with van der Waals surface area (Å²) in [4.78, 5) is 6.87. The lowest BCUT2D eigenvalue weighted by molar-refractivity contribution is 0.160. The molecule has 0 aromatic carbocycles. The lowest BCUT2D eigenvalue weighted by Crippen LogP contribution is -2.38. The van der Waals surface area contributed by atoms with Crippen molar-refractivity contribution in [1.29, 1.82) is 0 Å². The summed E-state index contributed by atoms with van der Waals surface area (Å²) in [6.07, 6.45) is 6.87. The zero-order valence-corrected chi connectivity index (χ0v) is 13.0. The lowest BCUT2D eigenvalue weighted by atomic mass is 10.0. The van der Waals surface area contributed by atoms with Crippen LogP contribution in [0.2, 0.25) is 0 Å². The summed E-state index contributed by atoms with van der Waals surface area (Å²) in [5.74, 6) is 1.04. The number of anilines is 1. The van der Waals surface area contributed by atoms with Crippen LogP contribution in [0.3, 0.4) is 0 Å². The van der Waals surface area contributed by atoms with E-state index in [-0.39, 0.29) is 0 Å². The molecule has 0 radical (unpaired) electrons. The first-order valence-corrected chi connectivity index (χ1v) is 8.02. The number of piperidine rings is 1. The van der Waals surface area contributed by atoms with Crippen LogP contribution >= 0.6 is 0 Å². The molecule has 2 aromatic rings. The minimum atomic E-state index is 0.750. The highest BCUT2D eigenvalue weighted by Crippen LogP contribution is 2.17. The van der Waals surface area contributed by atoms with E-state index in [4.69, 9.17) is 0 Å². The molecule has 114 valence electrons. The topological polar surface area (TPSA) is 45.5 Å². The zero-order valence-electron chi connectivity index (χ0n) is 13.0. The average molecular weight is 287 g/mol. The Kier molecular flexibility index (Phi) is 4.39. The highest BCUT2D eigenvalue weighted by Gasteiger charge is 2.17. The van der Waals surface area contributed by atoms with Gasteiger partial charge in [0.15, 0.2) is 5.65 Å². The van der Waals surface area contributed by atoms with E-state index in [0.29, 0.717) is 0 Å². The van der Waals surface area contributed by atoms with Crippen LogP contribution in [-0.2, 0) is 0 Å². The van der Waals surface area contributed by atoms with Crippen LogP contribution in [-0.4, -0.2) is 45.2 Å². The monoisotopic (exact) mass is 287 g/mol. The number of hydrogen-bond acceptors (Lipinski definition) is 4. The maximum atomic E-state index is 4.27. The second-order valence-electron chi connectivity index (χ2n) is 6.11. The standard InChI is InChI=1S/C16H25N5/c1-13-10-15(21-16(11-13)18-12-19-21)17-7-5-9-20-8-4-3-6-14(20)2/h10-12,14,17H,3-9H2,1-2H3. The maximum absolute atomic E-state index is 4.27. The molecule has 5 nitrogen and oxygen atoms in total. The molecule has 0 aliphatic carbocycles. The van der Waals surface area contributed by atoms with Crippen molar-refractivity contribution in [3.8, 4) is 0 Å². The predicted molar refractivity (Wildman–Crippen MR) is 85.7 cm³/mol. The van der Waals surface area contributed by atoms with Crippen LogP contribution in [0.15, 0.2) is 18.5 Å². The van der Waals surface area contributed by atoms with E-state index in [1.807, 2.05) is 10.6 Å². The minimum Gasteiger partial charge on any atom is -0.370 e. The van der Waals surface area contributed by atoms with Crippen molar-refractivity contribution in [2.45, 2.75) is 45.6 Å². The number of nitrogens with one attached hydrogen (secondary N) is 1. The van der Waals surface area contributed by atoms with E-state index in [2.05, 4.69) is 40.2 Å². The number of hydrogen-bond donors (Lipinski definition) is 1. The first kappa shape index (κ1) is 14.3. The molecule has 5 heteroatoms. The molecule has 3 heterocycles. The largest absolute Gasteiger partial charge is 0.370 e. The number of fused-ring (bicyclic) bond motifs is 1. The number of aromatic nitrogens is 3. The van der Waals surface area contributed by atoms with Gasteiger partial charge in [0.05, 0.1) is 0 Å². The molecule has 1 aliphatic heterocycles. The highest BCUT2D eigenvalue weighted by atomic mass is 15.3. The van der Waals surface area contributed by atoms with Crippen molar-refractivity contribution in [3.05, 3.63) is 24.0 Å². The van der Waals surface area contributed by atoms with Gasteiger partial charge < -0.3 is 10.2 Å². The second kappa shape index (κ2) is 6.43. The van der Waals surface area contributed by atoms with Crippen molar-refractivity contribution in [2.24, 2.45) is 0 Å². The van der Waals surface area contributed by atoms with Gasteiger partial charge in [0.25, 0.3) is 0 Å². The van der Waals surface area contributed by atoms with Gasteiger partial charge in [-0.25, -0.2) is 4.98 Å². The van der Waals surface area contributed by atoms with Gasteiger partial charge >= 0.3 is 0 Å². The molecule has 21 heavy (non-hydrogen) atoms. The Morgan fingerprint density at radius 2 is 2.24 bits per heavy atom. The SMILES string of the molecule is Cc1cc(NCCCN2CCCCC2C)n2ncnc2c1. The van der Waals surface area contributed by atoms with Crippen molar-refractivity contribution < 1.29 is 0 Å². The first-order chi connectivity index (χ1) is 10.2. The molecule has 0 spiro atoms. The van der Waals surface area contributed by atoms with E-state index in [9.17, 15) is 0 Å². The zero-order chi connectivity index (χ0) is 14.7. The van der Waals surface area contributed by atoms with Crippen molar-refractivity contribution >= 4 is 11.5 Å². The Labute approximate surface area is 126 Å². The third-order valence-corrected chi connectivity index (χ3v) is 4.39. The van der Waals surface area contributed by atoms with Crippen LogP contribution < -0.4 is 5.32 Å². The summed E-state index contributed by atoms with van der Waals surface area (Å²) < 4.78 is 1.87. The van der Waals surface area contributed by atoms with Gasteiger partial charge in [0.2, 0.25) is 0 Å². The Morgan fingerprint density at radius 1 is 1.33 bits per heavy atom. The predicted octanol–water partition coefficient (Wildman–Crippen LogP) is 2.71. The number of rotatable bonds is 5. The molecule has 0 saturated carbocycles. The van der Waals surface area contributed by atoms with E-state index in [0.717, 1.165) is 30.5 Å². The smallest absolute Gasteiger partial charge is 0.157 e. The lowest BCUT2D eigenvalue weighted by Gasteiger charge is -2.33. The summed E-state index contributed by atoms with van der Waals surface area (Å²) >= 11 is 0. The summed E-state index contributed by atoms with van der Waals surface area (Å²) in [6, 6.07) is 4.93. The highest BCUT2D eigenvalue weighted by molar-refractivity contribution is 5.51. The van der Waals surface area contributed by atoms with Gasteiger partial charge in [-0.05, 0) is 57.4 Å². The molecule has 1 fully saturated rings. The molecule has 1 saturated heterocycles. The quantitative estimate of drug-likeness (QED) is 0.859. The summed E-state index contributed by atoms with van der Waals surface area (Å²) in [5.41, 5.74) is 2.12. The van der Waals surface area contributed by atoms with Gasteiger partial charge in [-0.3, -0.25) is 0 Å². The maximum Gasteiger partial charge on any atom is 0.157 e. The van der Waals surface area contributed by atoms with E-state index in [1.165, 1.54) is 37.9 Å². The Balaban J connectivity index is 1.53. The molecule has 1 unspecified atom stereocenters. The number of pyridine rings is 1. The van der Waals surface area contributed by atoms with Crippen LogP contribution in [0.1, 0.15) is 38.2 Å². The minimum absolute atomic E-state index is 0.750. The number of aryl methyl sites for hydroxylation is 1. The fraction of sp³-hybridized carbons (Fsp3) is 0.625. The Morgan fingerprint density at radius 3 is 3.10 bits per heavy atom. The first-order valence-electron chi connectivity index (χ1n) is 8.02. The van der Waals surface area contributed by atoms with E-state index < -0.39 is 0 Å². The van der Waals surface area contributed by atoms with E-state index >= 15 is 0 Å². The third-order valence-electron chi connectivity index (χ3n) is 4.39. The van der Waals surface area contributed by atoms with Gasteiger partial charge in [-0.1, -0.05) is 6.42 Å². The molecule has 1 atom stereocenters. The van der Waals surface area contributed by atoms with Gasteiger partial charge in [0, 0.05) is 19.1 Å². The molecule has 0 amide bonds. The van der Waals surface area contributed by atoms with E-state index in [1.54, 1.807) is 6.33 Å².